The van der Waals surface area contributed by atoms with Crippen LogP contribution >= 0.6 is 15.9 Å². The summed E-state index contributed by atoms with van der Waals surface area (Å²) in [6.07, 6.45) is 1.75. The number of pyridine rings is 1. The molecule has 5 heteroatoms. The zero-order valence-electron chi connectivity index (χ0n) is 11.1. The Kier molecular flexibility index (Phi) is 5.26. The highest BCUT2D eigenvalue weighted by molar-refractivity contribution is 9.10. The molecule has 0 fully saturated rings. The first-order valence-corrected chi connectivity index (χ1v) is 7.14. The van der Waals surface area contributed by atoms with Crippen LogP contribution in [0.4, 0.5) is 5.69 Å². The number of carbonyl (C=O) groups is 1. The summed E-state index contributed by atoms with van der Waals surface area (Å²) >= 11 is 3.36. The lowest BCUT2D eigenvalue weighted by molar-refractivity contribution is -0.115. The van der Waals surface area contributed by atoms with Crippen LogP contribution in [0, 0.1) is 0 Å². The van der Waals surface area contributed by atoms with E-state index < -0.39 is 0 Å². The van der Waals surface area contributed by atoms with Crippen molar-refractivity contribution in [1.29, 1.82) is 0 Å². The highest BCUT2D eigenvalue weighted by atomic mass is 79.9. The van der Waals surface area contributed by atoms with Crippen molar-refractivity contribution < 1.29 is 4.79 Å². The summed E-state index contributed by atoms with van der Waals surface area (Å²) in [5, 5.41) is 5.98. The highest BCUT2D eigenvalue weighted by Crippen LogP contribution is 2.14. The molecule has 0 saturated carbocycles. The summed E-state index contributed by atoms with van der Waals surface area (Å²) < 4.78 is 0.984. The quantitative estimate of drug-likeness (QED) is 0.883. The number of hydrogen-bond donors (Lipinski definition) is 2. The molecule has 1 aromatic carbocycles. The molecular weight excluding hydrogens is 318 g/mol. The van der Waals surface area contributed by atoms with Gasteiger partial charge in [0.25, 0.3) is 0 Å². The number of hydrogen-bond acceptors (Lipinski definition) is 3. The Morgan fingerprint density at radius 3 is 2.65 bits per heavy atom. The number of rotatable bonds is 5. The number of halogens is 1. The van der Waals surface area contributed by atoms with Gasteiger partial charge in [-0.3, -0.25) is 9.78 Å². The van der Waals surface area contributed by atoms with Crippen LogP contribution in [0.3, 0.4) is 0 Å². The van der Waals surface area contributed by atoms with Crippen molar-refractivity contribution in [3.63, 3.8) is 0 Å². The highest BCUT2D eigenvalue weighted by Gasteiger charge is 2.08. The third-order valence-electron chi connectivity index (χ3n) is 2.83. The maximum absolute atomic E-state index is 11.8. The van der Waals surface area contributed by atoms with Crippen LogP contribution in [0.2, 0.25) is 0 Å². The van der Waals surface area contributed by atoms with Crippen molar-refractivity contribution in [2.24, 2.45) is 0 Å². The molecule has 0 saturated heterocycles. The Labute approximate surface area is 126 Å². The summed E-state index contributed by atoms with van der Waals surface area (Å²) in [6, 6.07) is 13.3. The summed E-state index contributed by atoms with van der Waals surface area (Å²) in [4.78, 5) is 16.1. The number of nitrogens with zero attached hydrogens (tertiary/aromatic N) is 1. The molecule has 0 aliphatic rings. The fourth-order valence-electron chi connectivity index (χ4n) is 1.72. The molecule has 1 amide bonds. The van der Waals surface area contributed by atoms with Gasteiger partial charge >= 0.3 is 0 Å². The second-order valence-corrected chi connectivity index (χ2v) is 5.33. The Balaban J connectivity index is 1.82. The zero-order chi connectivity index (χ0) is 14.4. The Morgan fingerprint density at radius 1 is 1.25 bits per heavy atom. The molecule has 104 valence electrons. The number of anilines is 1. The summed E-state index contributed by atoms with van der Waals surface area (Å²) in [5.41, 5.74) is 1.70. The van der Waals surface area contributed by atoms with Crippen LogP contribution in [0.25, 0.3) is 0 Å². The van der Waals surface area contributed by atoms with Crippen LogP contribution in [-0.2, 0) is 4.79 Å². The van der Waals surface area contributed by atoms with E-state index in [9.17, 15) is 4.79 Å². The van der Waals surface area contributed by atoms with Crippen LogP contribution in [-0.4, -0.2) is 17.4 Å². The first-order chi connectivity index (χ1) is 9.65. The van der Waals surface area contributed by atoms with E-state index >= 15 is 0 Å². The predicted molar refractivity (Wildman–Crippen MR) is 83.4 cm³/mol. The Hall–Kier alpha value is -1.72. The molecule has 0 spiro atoms. The van der Waals surface area contributed by atoms with Crippen molar-refractivity contribution in [1.82, 2.24) is 10.3 Å². The lowest BCUT2D eigenvalue weighted by Gasteiger charge is -2.13. The maximum atomic E-state index is 11.8. The number of aromatic nitrogens is 1. The van der Waals surface area contributed by atoms with Gasteiger partial charge in [-0.25, -0.2) is 0 Å². The summed E-state index contributed by atoms with van der Waals surface area (Å²) in [7, 11) is 0. The molecule has 4 nitrogen and oxygen atoms in total. The molecule has 0 aliphatic heterocycles. The van der Waals surface area contributed by atoms with E-state index in [2.05, 4.69) is 31.5 Å². The van der Waals surface area contributed by atoms with Crippen molar-refractivity contribution in [2.45, 2.75) is 13.0 Å². The normalized spacial score (nSPS) is 11.9. The van der Waals surface area contributed by atoms with Gasteiger partial charge in [0.1, 0.15) is 0 Å². The smallest absolute Gasteiger partial charge is 0.238 e. The molecule has 0 aliphatic carbocycles. The van der Waals surface area contributed by atoms with Crippen molar-refractivity contribution in [3.05, 3.63) is 58.8 Å². The molecule has 0 bridgehead atoms. The monoisotopic (exact) mass is 333 g/mol. The van der Waals surface area contributed by atoms with E-state index in [-0.39, 0.29) is 18.5 Å². The van der Waals surface area contributed by atoms with Crippen molar-refractivity contribution in [2.75, 3.05) is 11.9 Å². The zero-order valence-corrected chi connectivity index (χ0v) is 12.7. The van der Waals surface area contributed by atoms with Gasteiger partial charge in [0, 0.05) is 22.4 Å². The van der Waals surface area contributed by atoms with E-state index in [1.807, 2.05) is 49.4 Å². The minimum absolute atomic E-state index is 0.0341. The Morgan fingerprint density at radius 2 is 2.00 bits per heavy atom. The lowest BCUT2D eigenvalue weighted by atomic mass is 10.2. The molecule has 1 atom stereocenters. The number of nitrogens with one attached hydrogen (secondary N) is 2. The summed E-state index contributed by atoms with van der Waals surface area (Å²) in [6.45, 7) is 2.23. The van der Waals surface area contributed by atoms with Crippen LogP contribution in [0.15, 0.2) is 53.1 Å². The number of carbonyl (C=O) groups excluding carboxylic acids is 1. The minimum atomic E-state index is -0.0740. The second-order valence-electron chi connectivity index (χ2n) is 4.41. The molecule has 2 rings (SSSR count). The molecule has 0 unspecified atom stereocenters. The van der Waals surface area contributed by atoms with Crippen LogP contribution < -0.4 is 10.6 Å². The molecular formula is C15H16BrN3O. The Bertz CT molecular complexity index is 557. The van der Waals surface area contributed by atoms with Gasteiger partial charge in [0.05, 0.1) is 12.2 Å². The van der Waals surface area contributed by atoms with Gasteiger partial charge < -0.3 is 10.6 Å². The fraction of sp³-hybridized carbons (Fsp3) is 0.200. The van der Waals surface area contributed by atoms with Crippen molar-refractivity contribution in [3.8, 4) is 0 Å². The third-order valence-corrected chi connectivity index (χ3v) is 3.36. The van der Waals surface area contributed by atoms with Gasteiger partial charge in [-0.1, -0.05) is 22.0 Å². The standard InChI is InChI=1S/C15H16BrN3O/c1-11(14-4-2-3-9-17-14)18-10-15(20)19-13-7-5-12(16)6-8-13/h2-9,11,18H,10H2,1H3,(H,19,20)/t11-/m0/s1. The van der Waals surface area contributed by atoms with Crippen LogP contribution in [0.1, 0.15) is 18.7 Å². The molecule has 1 aromatic heterocycles. The van der Waals surface area contributed by atoms with E-state index in [4.69, 9.17) is 0 Å². The van der Waals surface area contributed by atoms with E-state index in [0.717, 1.165) is 15.9 Å². The van der Waals surface area contributed by atoms with Crippen molar-refractivity contribution >= 4 is 27.5 Å². The SMILES string of the molecule is C[C@H](NCC(=O)Nc1ccc(Br)cc1)c1ccccn1. The predicted octanol–water partition coefficient (Wildman–Crippen LogP) is 3.13. The second kappa shape index (κ2) is 7.17. The topological polar surface area (TPSA) is 54.0 Å². The first kappa shape index (κ1) is 14.7. The lowest BCUT2D eigenvalue weighted by Crippen LogP contribution is -2.30. The van der Waals surface area contributed by atoms with Crippen LogP contribution in [0.5, 0.6) is 0 Å². The van der Waals surface area contributed by atoms with Gasteiger partial charge in [-0.15, -0.1) is 0 Å². The van der Waals surface area contributed by atoms with Gasteiger partial charge in [0.15, 0.2) is 0 Å². The fourth-order valence-corrected chi connectivity index (χ4v) is 1.99. The van der Waals surface area contributed by atoms with Gasteiger partial charge in [0.2, 0.25) is 5.91 Å². The average Bonchev–Trinajstić information content (AvgIpc) is 2.48. The number of benzene rings is 1. The maximum Gasteiger partial charge on any atom is 0.238 e. The number of amides is 1. The molecule has 0 radical (unpaired) electrons. The largest absolute Gasteiger partial charge is 0.325 e. The minimum Gasteiger partial charge on any atom is -0.325 e. The third kappa shape index (κ3) is 4.43. The first-order valence-electron chi connectivity index (χ1n) is 6.35. The van der Waals surface area contributed by atoms with E-state index in [0.29, 0.717) is 0 Å². The molecule has 20 heavy (non-hydrogen) atoms. The van der Waals surface area contributed by atoms with Gasteiger partial charge in [-0.2, -0.15) is 0 Å². The molecule has 2 N–H and O–H groups in total. The van der Waals surface area contributed by atoms with E-state index in [1.165, 1.54) is 0 Å². The molecule has 1 heterocycles. The summed E-state index contributed by atoms with van der Waals surface area (Å²) in [5.74, 6) is -0.0740. The van der Waals surface area contributed by atoms with E-state index in [1.54, 1.807) is 6.20 Å². The van der Waals surface area contributed by atoms with Gasteiger partial charge in [-0.05, 0) is 43.3 Å². The average molecular weight is 334 g/mol. The molecule has 2 aromatic rings.